The molecule has 1 aromatic rings. The highest BCUT2D eigenvalue weighted by atomic mass is 32.5. The molecule has 1 aromatic carbocycles. The number of benzene rings is 1. The molecule has 2 fully saturated rings. The minimum absolute atomic E-state index is 0.0916. The van der Waals surface area contributed by atoms with E-state index in [9.17, 15) is 0 Å². The topological polar surface area (TPSA) is 24.5 Å². The van der Waals surface area contributed by atoms with Crippen molar-refractivity contribution >= 4 is 18.4 Å². The minimum atomic E-state index is -2.01. The number of hydrogen-bond acceptors (Lipinski definition) is 2. The van der Waals surface area contributed by atoms with Crippen LogP contribution in [0.5, 0.6) is 0 Å². The van der Waals surface area contributed by atoms with Gasteiger partial charge in [-0.15, -0.1) is 0 Å². The van der Waals surface area contributed by atoms with Crippen molar-refractivity contribution in [1.29, 1.82) is 0 Å². The smallest absolute Gasteiger partial charge is 0.201 e. The first-order valence-corrected chi connectivity index (χ1v) is 9.73. The Morgan fingerprint density at radius 2 is 1.89 bits per heavy atom. The van der Waals surface area contributed by atoms with Crippen molar-refractivity contribution in [2.75, 3.05) is 13.1 Å². The average molecular weight is 296 g/mol. The molecule has 0 amide bonds. The molecule has 0 aromatic heterocycles. The van der Waals surface area contributed by atoms with Gasteiger partial charge in [0.2, 0.25) is 6.57 Å². The van der Waals surface area contributed by atoms with Gasteiger partial charge in [-0.2, -0.15) is 0 Å². The van der Waals surface area contributed by atoms with Gasteiger partial charge in [0.05, 0.1) is 0 Å². The molecule has 0 unspecified atom stereocenters. The molecule has 3 nitrogen and oxygen atoms in total. The average Bonchev–Trinajstić information content (AvgIpc) is 2.77. The van der Waals surface area contributed by atoms with Crippen molar-refractivity contribution in [1.82, 2.24) is 9.76 Å². The van der Waals surface area contributed by atoms with E-state index in [0.29, 0.717) is 0 Å². The predicted octanol–water partition coefficient (Wildman–Crippen LogP) is 3.45. The third kappa shape index (κ3) is 2.79. The second kappa shape index (κ2) is 5.63. The third-order valence-corrected chi connectivity index (χ3v) is 7.57. The molecular weight excluding hydrogens is 275 g/mol. The zero-order valence-electron chi connectivity index (χ0n) is 11.3. The van der Waals surface area contributed by atoms with E-state index in [1.807, 2.05) is 6.07 Å². The van der Waals surface area contributed by atoms with Crippen molar-refractivity contribution in [3.8, 4) is 0 Å². The molecule has 3 atom stereocenters. The van der Waals surface area contributed by atoms with E-state index >= 15 is 0 Å². The highest BCUT2D eigenvalue weighted by Gasteiger charge is 2.41. The number of rotatable bonds is 2. The Labute approximate surface area is 120 Å². The highest BCUT2D eigenvalue weighted by molar-refractivity contribution is 8.10. The number of hydrogen-bond donors (Lipinski definition) is 1. The normalized spacial score (nSPS) is 36.5. The Morgan fingerprint density at radius 3 is 2.58 bits per heavy atom. The zero-order valence-corrected chi connectivity index (χ0v) is 13.0. The minimum Gasteiger partial charge on any atom is -0.317 e. The van der Waals surface area contributed by atoms with E-state index in [-0.39, 0.29) is 12.1 Å². The SMILES string of the molecule is C[C@@H]1N[P@@](=S)(N2CCCCC2)O[C@@H]1c1ccccc1. The molecule has 0 radical (unpaired) electrons. The third-order valence-electron chi connectivity index (χ3n) is 3.91. The molecule has 2 heterocycles. The predicted molar refractivity (Wildman–Crippen MR) is 82.6 cm³/mol. The maximum absolute atomic E-state index is 6.33. The Hall–Kier alpha value is -0.250. The lowest BCUT2D eigenvalue weighted by molar-refractivity contribution is 0.215. The van der Waals surface area contributed by atoms with E-state index in [4.69, 9.17) is 16.3 Å². The molecule has 2 aliphatic rings. The van der Waals surface area contributed by atoms with E-state index in [1.165, 1.54) is 24.8 Å². The molecule has 0 bridgehead atoms. The van der Waals surface area contributed by atoms with Gasteiger partial charge in [-0.1, -0.05) is 36.8 Å². The Balaban J connectivity index is 1.79. The van der Waals surface area contributed by atoms with Crippen LogP contribution in [0.15, 0.2) is 30.3 Å². The summed E-state index contributed by atoms with van der Waals surface area (Å²) < 4.78 is 8.71. The molecule has 19 heavy (non-hydrogen) atoms. The van der Waals surface area contributed by atoms with Gasteiger partial charge in [0.15, 0.2) is 0 Å². The molecule has 3 rings (SSSR count). The van der Waals surface area contributed by atoms with Crippen LogP contribution < -0.4 is 5.09 Å². The summed E-state index contributed by atoms with van der Waals surface area (Å²) in [5.74, 6) is 0. The van der Waals surface area contributed by atoms with Gasteiger partial charge in [0.1, 0.15) is 6.10 Å². The maximum Gasteiger partial charge on any atom is 0.201 e. The largest absolute Gasteiger partial charge is 0.317 e. The summed E-state index contributed by atoms with van der Waals surface area (Å²) in [5.41, 5.74) is 1.23. The van der Waals surface area contributed by atoms with Crippen LogP contribution in [0.4, 0.5) is 0 Å². The van der Waals surface area contributed by atoms with Gasteiger partial charge in [-0.05, 0) is 37.1 Å². The molecule has 0 spiro atoms. The Kier molecular flexibility index (Phi) is 4.06. The fourth-order valence-corrected chi connectivity index (χ4v) is 6.58. The molecule has 5 heteroatoms. The highest BCUT2D eigenvalue weighted by Crippen LogP contribution is 2.58. The van der Waals surface area contributed by atoms with Crippen LogP contribution >= 0.6 is 6.57 Å². The molecule has 104 valence electrons. The summed E-state index contributed by atoms with van der Waals surface area (Å²) in [4.78, 5) is 0. The lowest BCUT2D eigenvalue weighted by Crippen LogP contribution is -2.31. The van der Waals surface area contributed by atoms with Crippen molar-refractivity contribution in [2.24, 2.45) is 0 Å². The zero-order chi connectivity index (χ0) is 13.3. The first-order chi connectivity index (χ1) is 9.19. The molecule has 1 N–H and O–H groups in total. The first-order valence-electron chi connectivity index (χ1n) is 7.06. The molecule has 2 saturated heterocycles. The van der Waals surface area contributed by atoms with Crippen LogP contribution in [-0.2, 0) is 16.3 Å². The lowest BCUT2D eigenvalue weighted by atomic mass is 10.0. The summed E-state index contributed by atoms with van der Waals surface area (Å²) in [5, 5.41) is 3.58. The Bertz CT molecular complexity index is 476. The monoisotopic (exact) mass is 296 g/mol. The molecular formula is C14H21N2OPS. The van der Waals surface area contributed by atoms with Crippen LogP contribution in [0.3, 0.4) is 0 Å². The Morgan fingerprint density at radius 1 is 1.21 bits per heavy atom. The summed E-state index contributed by atoms with van der Waals surface area (Å²) >= 11 is 5.84. The number of nitrogens with zero attached hydrogens (tertiary/aromatic N) is 1. The second-order valence-corrected chi connectivity index (χ2v) is 8.95. The van der Waals surface area contributed by atoms with Crippen LogP contribution in [0, 0.1) is 0 Å². The number of piperidine rings is 1. The standard InChI is InChI=1S/C14H21N2OPS/c1-12-14(13-8-4-2-5-9-13)17-18(19,15-12)16-10-6-3-7-11-16/h2,4-5,8-9,12,14H,3,6-7,10-11H2,1H3,(H,15,19)/t12-,14-,18+/m0/s1. The van der Waals surface area contributed by atoms with Gasteiger partial charge in [-0.3, -0.25) is 0 Å². The second-order valence-electron chi connectivity index (χ2n) is 5.39. The number of nitrogens with one attached hydrogen (secondary N) is 1. The molecule has 0 saturated carbocycles. The first kappa shape index (κ1) is 13.7. The van der Waals surface area contributed by atoms with Crippen LogP contribution in [-0.4, -0.2) is 23.8 Å². The van der Waals surface area contributed by atoms with Crippen LogP contribution in [0.25, 0.3) is 0 Å². The van der Waals surface area contributed by atoms with Crippen LogP contribution in [0.1, 0.15) is 37.9 Å². The fourth-order valence-electron chi connectivity index (χ4n) is 2.88. The van der Waals surface area contributed by atoms with Crippen molar-refractivity contribution in [3.63, 3.8) is 0 Å². The maximum atomic E-state index is 6.33. The summed E-state index contributed by atoms with van der Waals surface area (Å²) in [7, 11) is 0. The summed E-state index contributed by atoms with van der Waals surface area (Å²) in [6.07, 6.45) is 3.90. The van der Waals surface area contributed by atoms with E-state index < -0.39 is 6.57 Å². The van der Waals surface area contributed by atoms with Gasteiger partial charge in [0, 0.05) is 19.1 Å². The summed E-state index contributed by atoms with van der Waals surface area (Å²) in [6.45, 7) is 2.33. The lowest BCUT2D eigenvalue weighted by Gasteiger charge is -2.33. The van der Waals surface area contributed by atoms with Crippen LogP contribution in [0.2, 0.25) is 0 Å². The molecule has 0 aliphatic carbocycles. The van der Waals surface area contributed by atoms with Gasteiger partial charge in [0.25, 0.3) is 0 Å². The van der Waals surface area contributed by atoms with Gasteiger partial charge < -0.3 is 4.52 Å². The van der Waals surface area contributed by atoms with Gasteiger partial charge >= 0.3 is 0 Å². The van der Waals surface area contributed by atoms with E-state index in [2.05, 4.69) is 40.9 Å². The quantitative estimate of drug-likeness (QED) is 0.845. The van der Waals surface area contributed by atoms with Crippen molar-refractivity contribution in [2.45, 2.75) is 38.3 Å². The van der Waals surface area contributed by atoms with E-state index in [0.717, 1.165) is 13.1 Å². The van der Waals surface area contributed by atoms with Crippen molar-refractivity contribution in [3.05, 3.63) is 35.9 Å². The fraction of sp³-hybridized carbons (Fsp3) is 0.571. The molecule has 2 aliphatic heterocycles. The van der Waals surface area contributed by atoms with E-state index in [1.54, 1.807) is 0 Å². The summed E-state index contributed by atoms with van der Waals surface area (Å²) in [6, 6.07) is 10.7. The van der Waals surface area contributed by atoms with Crippen molar-refractivity contribution < 1.29 is 4.52 Å². The van der Waals surface area contributed by atoms with Gasteiger partial charge in [-0.25, -0.2) is 9.76 Å².